The van der Waals surface area contributed by atoms with Gasteiger partial charge in [-0.1, -0.05) is 54.6 Å². The van der Waals surface area contributed by atoms with Gasteiger partial charge < -0.3 is 15.3 Å². The molecule has 6 aromatic rings. The van der Waals surface area contributed by atoms with Gasteiger partial charge in [0.05, 0.1) is 0 Å². The number of pyridine rings is 3. The summed E-state index contributed by atoms with van der Waals surface area (Å²) in [5.74, 6) is 0.739. The molecule has 0 fully saturated rings. The Balaban J connectivity index is 0.000000152. The third-order valence-electron chi connectivity index (χ3n) is 5.51. The number of phenolic OH excluding ortho intramolecular Hbond substituents is 3. The van der Waals surface area contributed by atoms with Crippen molar-refractivity contribution in [2.45, 2.75) is 20.8 Å². The molecule has 6 rings (SSSR count). The van der Waals surface area contributed by atoms with Gasteiger partial charge in [-0.25, -0.2) is 15.0 Å². The molecule has 180 valence electrons. The van der Waals surface area contributed by atoms with Gasteiger partial charge in [0.2, 0.25) is 0 Å². The van der Waals surface area contributed by atoms with Crippen LogP contribution in [0, 0.1) is 20.8 Å². The maximum absolute atomic E-state index is 9.43. The Hall–Kier alpha value is -4.18. The Morgan fingerprint density at radius 2 is 0.676 bits per heavy atom. The van der Waals surface area contributed by atoms with Crippen LogP contribution in [0.4, 0.5) is 0 Å². The molecular formula is C30H27AlN3O3+3. The molecule has 0 bridgehead atoms. The first-order valence-corrected chi connectivity index (χ1v) is 11.5. The second-order valence-electron chi connectivity index (χ2n) is 8.40. The van der Waals surface area contributed by atoms with E-state index in [1.807, 2.05) is 93.6 Å². The van der Waals surface area contributed by atoms with Crippen LogP contribution in [0.25, 0.3) is 32.7 Å². The van der Waals surface area contributed by atoms with E-state index < -0.39 is 0 Å². The summed E-state index contributed by atoms with van der Waals surface area (Å²) in [4.78, 5) is 12.7. The maximum Gasteiger partial charge on any atom is 3.00 e. The van der Waals surface area contributed by atoms with E-state index in [1.165, 1.54) is 0 Å². The number of aromatic nitrogens is 3. The number of rotatable bonds is 0. The molecule has 0 aliphatic carbocycles. The van der Waals surface area contributed by atoms with Crippen molar-refractivity contribution in [3.63, 3.8) is 0 Å². The summed E-state index contributed by atoms with van der Waals surface area (Å²) in [6, 6.07) is 27.8. The first-order valence-electron chi connectivity index (χ1n) is 11.5. The van der Waals surface area contributed by atoms with Gasteiger partial charge in [-0.15, -0.1) is 0 Å². The monoisotopic (exact) mass is 504 g/mol. The summed E-state index contributed by atoms with van der Waals surface area (Å²) in [7, 11) is 0. The second-order valence-corrected chi connectivity index (χ2v) is 8.40. The van der Waals surface area contributed by atoms with Crippen molar-refractivity contribution in [1.29, 1.82) is 0 Å². The summed E-state index contributed by atoms with van der Waals surface area (Å²) in [5.41, 5.74) is 4.80. The van der Waals surface area contributed by atoms with Crippen molar-refractivity contribution >= 4 is 50.1 Å². The van der Waals surface area contributed by atoms with Crippen LogP contribution in [0.2, 0.25) is 0 Å². The van der Waals surface area contributed by atoms with E-state index in [0.717, 1.165) is 33.2 Å². The molecule has 3 heterocycles. The van der Waals surface area contributed by atoms with E-state index in [1.54, 1.807) is 18.2 Å². The summed E-state index contributed by atoms with van der Waals surface area (Å²) in [6.07, 6.45) is 0. The maximum atomic E-state index is 9.43. The zero-order valence-corrected chi connectivity index (χ0v) is 22.1. The fourth-order valence-electron chi connectivity index (χ4n) is 3.69. The van der Waals surface area contributed by atoms with Crippen LogP contribution in [0.1, 0.15) is 17.1 Å². The number of phenols is 3. The number of fused-ring (bicyclic) bond motifs is 3. The molecule has 0 aliphatic rings. The van der Waals surface area contributed by atoms with Crippen LogP contribution >= 0.6 is 0 Å². The van der Waals surface area contributed by atoms with Crippen molar-refractivity contribution in [1.82, 2.24) is 15.0 Å². The predicted molar refractivity (Wildman–Crippen MR) is 150 cm³/mol. The standard InChI is InChI=1S/3C10H9NO.Al/c3*1-7-5-6-8-3-2-4-9(12)10(8)11-7;/h3*2-6,12H,1H3;/q;;;+3. The molecule has 37 heavy (non-hydrogen) atoms. The Morgan fingerprint density at radius 3 is 0.946 bits per heavy atom. The summed E-state index contributed by atoms with van der Waals surface area (Å²) >= 11 is 0. The van der Waals surface area contributed by atoms with Gasteiger partial charge in [0.25, 0.3) is 0 Å². The minimum atomic E-state index is 0. The fourth-order valence-corrected chi connectivity index (χ4v) is 3.69. The van der Waals surface area contributed by atoms with Crippen LogP contribution in [0.5, 0.6) is 17.2 Å². The van der Waals surface area contributed by atoms with Gasteiger partial charge >= 0.3 is 17.4 Å². The summed E-state index contributed by atoms with van der Waals surface area (Å²) in [6.45, 7) is 5.73. The smallest absolute Gasteiger partial charge is 0.506 e. The molecule has 3 N–H and O–H groups in total. The topological polar surface area (TPSA) is 99.4 Å². The zero-order valence-electron chi connectivity index (χ0n) is 20.9. The van der Waals surface area contributed by atoms with Crippen LogP contribution in [-0.4, -0.2) is 47.6 Å². The molecule has 3 aromatic heterocycles. The zero-order chi connectivity index (χ0) is 25.7. The molecule has 0 atom stereocenters. The molecule has 7 heteroatoms. The Labute approximate surface area is 226 Å². The average molecular weight is 505 g/mol. The SMILES string of the molecule is Cc1ccc2cccc(O)c2n1.Cc1ccc2cccc(O)c2n1.Cc1ccc2cccc(O)c2n1.[Al+3]. The number of para-hydroxylation sites is 3. The number of hydrogen-bond acceptors (Lipinski definition) is 6. The van der Waals surface area contributed by atoms with Crippen LogP contribution in [0.15, 0.2) is 91.0 Å². The Morgan fingerprint density at radius 1 is 0.405 bits per heavy atom. The molecule has 6 nitrogen and oxygen atoms in total. The first-order chi connectivity index (χ1) is 17.3. The molecule has 0 amide bonds. The van der Waals surface area contributed by atoms with Crippen molar-refractivity contribution in [3.8, 4) is 17.2 Å². The Bertz CT molecular complexity index is 1470. The van der Waals surface area contributed by atoms with Crippen LogP contribution in [-0.2, 0) is 0 Å². The van der Waals surface area contributed by atoms with Gasteiger partial charge in [-0.05, 0) is 57.2 Å². The Kier molecular flexibility index (Phi) is 9.02. The van der Waals surface area contributed by atoms with Gasteiger partial charge in [0.15, 0.2) is 0 Å². The molecule has 0 unspecified atom stereocenters. The summed E-state index contributed by atoms with van der Waals surface area (Å²) in [5, 5.41) is 31.2. The first kappa shape index (κ1) is 27.4. The summed E-state index contributed by atoms with van der Waals surface area (Å²) < 4.78 is 0. The fraction of sp³-hybridized carbons (Fsp3) is 0.100. The molecule has 0 saturated heterocycles. The average Bonchev–Trinajstić information content (AvgIpc) is 2.87. The minimum Gasteiger partial charge on any atom is -0.506 e. The molecule has 0 spiro atoms. The minimum absolute atomic E-state index is 0. The van der Waals surface area contributed by atoms with E-state index in [-0.39, 0.29) is 34.6 Å². The van der Waals surface area contributed by atoms with Gasteiger partial charge in [0, 0.05) is 33.2 Å². The van der Waals surface area contributed by atoms with Crippen molar-refractivity contribution in [3.05, 3.63) is 108 Å². The van der Waals surface area contributed by atoms with Crippen molar-refractivity contribution in [2.24, 2.45) is 0 Å². The number of aromatic hydroxyl groups is 3. The third-order valence-corrected chi connectivity index (χ3v) is 5.51. The van der Waals surface area contributed by atoms with Gasteiger partial charge in [-0.3, -0.25) is 0 Å². The predicted octanol–water partition coefficient (Wildman–Crippen LogP) is 6.37. The second kappa shape index (κ2) is 12.2. The number of hydrogen-bond donors (Lipinski definition) is 3. The molecule has 0 aliphatic heterocycles. The quantitative estimate of drug-likeness (QED) is 0.208. The van der Waals surface area contributed by atoms with Crippen LogP contribution < -0.4 is 0 Å². The molecule has 0 saturated carbocycles. The number of benzene rings is 3. The number of nitrogens with zero attached hydrogens (tertiary/aromatic N) is 3. The van der Waals surface area contributed by atoms with Gasteiger partial charge in [0.1, 0.15) is 33.8 Å². The van der Waals surface area contributed by atoms with Crippen LogP contribution in [0.3, 0.4) is 0 Å². The van der Waals surface area contributed by atoms with E-state index >= 15 is 0 Å². The van der Waals surface area contributed by atoms with Crippen molar-refractivity contribution < 1.29 is 15.3 Å². The number of aryl methyl sites for hydroxylation is 3. The molecule has 0 radical (unpaired) electrons. The van der Waals surface area contributed by atoms with E-state index in [4.69, 9.17) is 0 Å². The molecule has 3 aromatic carbocycles. The largest absolute Gasteiger partial charge is 3.00 e. The van der Waals surface area contributed by atoms with E-state index in [2.05, 4.69) is 15.0 Å². The third kappa shape index (κ3) is 6.74. The normalized spacial score (nSPS) is 10.1. The van der Waals surface area contributed by atoms with Gasteiger partial charge in [-0.2, -0.15) is 0 Å². The van der Waals surface area contributed by atoms with E-state index in [9.17, 15) is 15.3 Å². The molecular weight excluding hydrogens is 477 g/mol. The van der Waals surface area contributed by atoms with E-state index in [0.29, 0.717) is 16.6 Å². The van der Waals surface area contributed by atoms with Crippen molar-refractivity contribution in [2.75, 3.05) is 0 Å².